The lowest BCUT2D eigenvalue weighted by molar-refractivity contribution is -0.143. The summed E-state index contributed by atoms with van der Waals surface area (Å²) >= 11 is 0. The summed E-state index contributed by atoms with van der Waals surface area (Å²) in [5.41, 5.74) is 3.33. The van der Waals surface area contributed by atoms with Gasteiger partial charge in [0.2, 0.25) is 11.8 Å². The summed E-state index contributed by atoms with van der Waals surface area (Å²) in [7, 11) is 3.47. The molecule has 0 aromatic heterocycles. The quantitative estimate of drug-likeness (QED) is 0.772. The number of carbonyl (C=O) groups is 2. The van der Waals surface area contributed by atoms with Crippen LogP contribution in [-0.4, -0.2) is 42.3 Å². The second-order valence-electron chi connectivity index (χ2n) is 7.54. The number of carbonyl (C=O) groups excluding carboxylic acids is 2. The van der Waals surface area contributed by atoms with Gasteiger partial charge < -0.3 is 14.5 Å². The highest BCUT2D eigenvalue weighted by Gasteiger charge is 2.31. The van der Waals surface area contributed by atoms with E-state index in [1.54, 1.807) is 16.9 Å². The Morgan fingerprint density at radius 2 is 1.93 bits per heavy atom. The van der Waals surface area contributed by atoms with Gasteiger partial charge in [0.25, 0.3) is 0 Å². The minimum Gasteiger partial charge on any atom is -0.497 e. The largest absolute Gasteiger partial charge is 0.497 e. The number of nitrogens with zero attached hydrogens (tertiary/aromatic N) is 2. The first kappa shape index (κ1) is 19.9. The predicted molar refractivity (Wildman–Crippen MR) is 109 cm³/mol. The summed E-state index contributed by atoms with van der Waals surface area (Å²) in [4.78, 5) is 28.9. The molecule has 0 aliphatic carbocycles. The number of methoxy groups -OCH3 is 1. The SMILES string of the molecule is COc1cccc(CN2CC(C(=O)N(C)Cc3ccc(C)cc3)CCC2=O)c1. The van der Waals surface area contributed by atoms with Crippen LogP contribution in [0.1, 0.15) is 29.5 Å². The van der Waals surface area contributed by atoms with Crippen LogP contribution in [-0.2, 0) is 22.7 Å². The van der Waals surface area contributed by atoms with Crippen molar-refractivity contribution >= 4 is 11.8 Å². The zero-order valence-electron chi connectivity index (χ0n) is 16.9. The monoisotopic (exact) mass is 380 g/mol. The second-order valence-corrected chi connectivity index (χ2v) is 7.54. The number of hydrogen-bond donors (Lipinski definition) is 0. The standard InChI is InChI=1S/C23H28N2O3/c1-17-7-9-18(10-8-17)14-24(2)23(27)20-11-12-22(26)25(16-20)15-19-5-4-6-21(13-19)28-3/h4-10,13,20H,11-12,14-16H2,1-3H3. The summed E-state index contributed by atoms with van der Waals surface area (Å²) in [6.45, 7) is 3.60. The maximum absolute atomic E-state index is 12.9. The number of amides is 2. The van der Waals surface area contributed by atoms with Crippen LogP contribution < -0.4 is 4.74 Å². The average molecular weight is 380 g/mol. The Balaban J connectivity index is 1.62. The molecule has 1 heterocycles. The van der Waals surface area contributed by atoms with Crippen LogP contribution in [0, 0.1) is 12.8 Å². The van der Waals surface area contributed by atoms with Crippen LogP contribution in [0.2, 0.25) is 0 Å². The van der Waals surface area contributed by atoms with E-state index in [4.69, 9.17) is 4.74 Å². The van der Waals surface area contributed by atoms with Crippen molar-refractivity contribution in [3.63, 3.8) is 0 Å². The fourth-order valence-electron chi connectivity index (χ4n) is 3.62. The Morgan fingerprint density at radius 1 is 1.18 bits per heavy atom. The van der Waals surface area contributed by atoms with Crippen LogP contribution >= 0.6 is 0 Å². The Bertz CT molecular complexity index is 832. The minimum absolute atomic E-state index is 0.101. The Kier molecular flexibility index (Phi) is 6.34. The van der Waals surface area contributed by atoms with Gasteiger partial charge in [-0.2, -0.15) is 0 Å². The first-order valence-electron chi connectivity index (χ1n) is 9.67. The van der Waals surface area contributed by atoms with Crippen LogP contribution in [0.4, 0.5) is 0 Å². The molecule has 0 spiro atoms. The number of hydrogen-bond acceptors (Lipinski definition) is 3. The molecule has 0 bridgehead atoms. The van der Waals surface area contributed by atoms with Crippen molar-refractivity contribution in [2.24, 2.45) is 5.92 Å². The van der Waals surface area contributed by atoms with E-state index in [-0.39, 0.29) is 17.7 Å². The van der Waals surface area contributed by atoms with E-state index in [0.717, 1.165) is 16.9 Å². The zero-order chi connectivity index (χ0) is 20.1. The van der Waals surface area contributed by atoms with Crippen molar-refractivity contribution in [2.45, 2.75) is 32.9 Å². The van der Waals surface area contributed by atoms with E-state index in [1.807, 2.05) is 31.3 Å². The second kappa shape index (κ2) is 8.91. The average Bonchev–Trinajstić information content (AvgIpc) is 2.71. The van der Waals surface area contributed by atoms with E-state index in [0.29, 0.717) is 32.5 Å². The van der Waals surface area contributed by atoms with Gasteiger partial charge in [0, 0.05) is 33.1 Å². The van der Waals surface area contributed by atoms with Crippen molar-refractivity contribution in [1.82, 2.24) is 9.80 Å². The number of likely N-dealkylation sites (tertiary alicyclic amines) is 1. The van der Waals surface area contributed by atoms with Gasteiger partial charge in [0.15, 0.2) is 0 Å². The highest BCUT2D eigenvalue weighted by Crippen LogP contribution is 2.23. The topological polar surface area (TPSA) is 49.9 Å². The first-order chi connectivity index (χ1) is 13.5. The number of piperidine rings is 1. The normalized spacial score (nSPS) is 16.8. The van der Waals surface area contributed by atoms with E-state index >= 15 is 0 Å². The maximum Gasteiger partial charge on any atom is 0.227 e. The van der Waals surface area contributed by atoms with Gasteiger partial charge in [-0.25, -0.2) is 0 Å². The van der Waals surface area contributed by atoms with E-state index < -0.39 is 0 Å². The minimum atomic E-state index is -0.154. The molecule has 5 nitrogen and oxygen atoms in total. The number of ether oxygens (including phenoxy) is 1. The fourth-order valence-corrected chi connectivity index (χ4v) is 3.62. The molecule has 0 N–H and O–H groups in total. The lowest BCUT2D eigenvalue weighted by Gasteiger charge is -2.34. The smallest absolute Gasteiger partial charge is 0.227 e. The Hall–Kier alpha value is -2.82. The lowest BCUT2D eigenvalue weighted by atomic mass is 9.95. The highest BCUT2D eigenvalue weighted by molar-refractivity contribution is 5.83. The zero-order valence-corrected chi connectivity index (χ0v) is 16.9. The predicted octanol–water partition coefficient (Wildman–Crippen LogP) is 3.40. The molecule has 1 saturated heterocycles. The summed E-state index contributed by atoms with van der Waals surface area (Å²) in [6.07, 6.45) is 1.03. The molecule has 148 valence electrons. The van der Waals surface area contributed by atoms with E-state index in [1.165, 1.54) is 5.56 Å². The molecular weight excluding hydrogens is 352 g/mol. The van der Waals surface area contributed by atoms with Crippen LogP contribution in [0.3, 0.4) is 0 Å². The summed E-state index contributed by atoms with van der Waals surface area (Å²) < 4.78 is 5.26. The molecule has 2 amide bonds. The van der Waals surface area contributed by atoms with Crippen LogP contribution in [0.25, 0.3) is 0 Å². The van der Waals surface area contributed by atoms with E-state index in [2.05, 4.69) is 31.2 Å². The summed E-state index contributed by atoms with van der Waals surface area (Å²) in [5.74, 6) is 0.822. The third kappa shape index (κ3) is 4.91. The molecule has 0 radical (unpaired) electrons. The van der Waals surface area contributed by atoms with Gasteiger partial charge in [-0.3, -0.25) is 9.59 Å². The molecule has 2 aromatic rings. The van der Waals surface area contributed by atoms with Gasteiger partial charge in [0.1, 0.15) is 5.75 Å². The van der Waals surface area contributed by atoms with Crippen molar-refractivity contribution in [3.8, 4) is 5.75 Å². The van der Waals surface area contributed by atoms with Crippen LogP contribution in [0.5, 0.6) is 5.75 Å². The van der Waals surface area contributed by atoms with Gasteiger partial charge in [-0.1, -0.05) is 42.0 Å². The van der Waals surface area contributed by atoms with Gasteiger partial charge >= 0.3 is 0 Å². The third-order valence-corrected chi connectivity index (χ3v) is 5.27. The lowest BCUT2D eigenvalue weighted by Crippen LogP contribution is -2.45. The molecule has 3 rings (SSSR count). The fraction of sp³-hybridized carbons (Fsp3) is 0.391. The third-order valence-electron chi connectivity index (χ3n) is 5.27. The summed E-state index contributed by atoms with van der Waals surface area (Å²) in [5, 5.41) is 0. The first-order valence-corrected chi connectivity index (χ1v) is 9.67. The maximum atomic E-state index is 12.9. The molecule has 1 atom stereocenters. The molecule has 0 saturated carbocycles. The molecule has 28 heavy (non-hydrogen) atoms. The van der Waals surface area contributed by atoms with Gasteiger partial charge in [-0.15, -0.1) is 0 Å². The molecule has 2 aromatic carbocycles. The molecular formula is C23H28N2O3. The van der Waals surface area contributed by atoms with Gasteiger partial charge in [0.05, 0.1) is 13.0 Å². The van der Waals surface area contributed by atoms with E-state index in [9.17, 15) is 9.59 Å². The number of aryl methyl sites for hydroxylation is 1. The number of benzene rings is 2. The molecule has 5 heteroatoms. The number of rotatable bonds is 6. The Morgan fingerprint density at radius 3 is 2.64 bits per heavy atom. The van der Waals surface area contributed by atoms with Crippen molar-refractivity contribution in [3.05, 3.63) is 65.2 Å². The molecule has 1 aliphatic rings. The highest BCUT2D eigenvalue weighted by atomic mass is 16.5. The van der Waals surface area contributed by atoms with Gasteiger partial charge in [-0.05, 0) is 36.6 Å². The van der Waals surface area contributed by atoms with Crippen LogP contribution in [0.15, 0.2) is 48.5 Å². The molecule has 1 fully saturated rings. The Labute approximate surface area is 166 Å². The summed E-state index contributed by atoms with van der Waals surface area (Å²) in [6, 6.07) is 15.9. The molecule has 1 unspecified atom stereocenters. The van der Waals surface area contributed by atoms with Crippen molar-refractivity contribution in [1.29, 1.82) is 0 Å². The molecule has 1 aliphatic heterocycles. The van der Waals surface area contributed by atoms with Crippen molar-refractivity contribution in [2.75, 3.05) is 20.7 Å². The van der Waals surface area contributed by atoms with Crippen molar-refractivity contribution < 1.29 is 14.3 Å².